The van der Waals surface area contributed by atoms with Gasteiger partial charge in [0, 0.05) is 0 Å². The van der Waals surface area contributed by atoms with Gasteiger partial charge in [-0.2, -0.15) is 5.26 Å². The predicted molar refractivity (Wildman–Crippen MR) is 70.0 cm³/mol. The largest absolute Gasteiger partial charge is 0.463 e. The predicted octanol–water partition coefficient (Wildman–Crippen LogP) is 2.25. The smallest absolute Gasteiger partial charge is 0.354 e. The van der Waals surface area contributed by atoms with E-state index in [1.807, 2.05) is 19.1 Å². The lowest BCUT2D eigenvalue weighted by molar-refractivity contribution is -0.159. The van der Waals surface area contributed by atoms with Gasteiger partial charge in [0.05, 0.1) is 11.4 Å². The van der Waals surface area contributed by atoms with Crippen molar-refractivity contribution in [2.24, 2.45) is 0 Å². The van der Waals surface area contributed by atoms with Gasteiger partial charge < -0.3 is 9.84 Å². The molecule has 1 N–H and O–H groups in total. The van der Waals surface area contributed by atoms with Crippen LogP contribution < -0.4 is 0 Å². The van der Waals surface area contributed by atoms with Crippen molar-refractivity contribution in [3.8, 4) is 6.07 Å². The van der Waals surface area contributed by atoms with E-state index in [0.29, 0.717) is 5.56 Å². The maximum atomic E-state index is 11.7. The Morgan fingerprint density at radius 1 is 1.56 bits per heavy atom. The first-order valence-corrected chi connectivity index (χ1v) is 6.38. The lowest BCUT2D eigenvalue weighted by Gasteiger charge is -2.24. The molecule has 1 rings (SSSR count). The van der Waals surface area contributed by atoms with Crippen LogP contribution in [-0.2, 0) is 9.53 Å². The molecule has 0 aliphatic heterocycles. The van der Waals surface area contributed by atoms with Crippen molar-refractivity contribution in [1.82, 2.24) is 0 Å². The minimum atomic E-state index is -2.23. The van der Waals surface area contributed by atoms with Gasteiger partial charge >= 0.3 is 5.97 Å². The third-order valence-corrected chi connectivity index (χ3v) is 3.69. The van der Waals surface area contributed by atoms with Crippen molar-refractivity contribution < 1.29 is 14.6 Å². The van der Waals surface area contributed by atoms with E-state index in [1.54, 1.807) is 25.1 Å². The van der Waals surface area contributed by atoms with Gasteiger partial charge in [-0.15, -0.1) is 0 Å². The van der Waals surface area contributed by atoms with Crippen LogP contribution >= 0.6 is 15.9 Å². The third-order valence-electron chi connectivity index (χ3n) is 2.49. The molecule has 18 heavy (non-hydrogen) atoms. The normalized spacial score (nSPS) is 15.3. The highest BCUT2D eigenvalue weighted by Gasteiger charge is 2.45. The zero-order valence-electron chi connectivity index (χ0n) is 10.2. The first-order chi connectivity index (χ1) is 8.45. The molecule has 0 spiro atoms. The Morgan fingerprint density at radius 2 is 2.11 bits per heavy atom. The summed E-state index contributed by atoms with van der Waals surface area (Å²) in [4.78, 5) is 10.8. The molecule has 0 amide bonds. The monoisotopic (exact) mass is 311 g/mol. The quantitative estimate of drug-likeness (QED) is 0.526. The van der Waals surface area contributed by atoms with Crippen molar-refractivity contribution in [3.05, 3.63) is 35.4 Å². The van der Waals surface area contributed by atoms with Crippen LogP contribution in [0.2, 0.25) is 0 Å². The van der Waals surface area contributed by atoms with Crippen molar-refractivity contribution in [3.63, 3.8) is 0 Å². The van der Waals surface area contributed by atoms with Gasteiger partial charge in [-0.05, 0) is 19.4 Å². The van der Waals surface area contributed by atoms with E-state index in [-0.39, 0.29) is 6.61 Å². The molecule has 4 nitrogen and oxygen atoms in total. The topological polar surface area (TPSA) is 70.3 Å². The summed E-state index contributed by atoms with van der Waals surface area (Å²) in [5.41, 5.74) is -0.543. The number of aliphatic hydroxyl groups is 1. The Labute approximate surface area is 114 Å². The fourth-order valence-electron chi connectivity index (χ4n) is 1.42. The number of nitrogens with zero attached hydrogens (tertiary/aromatic N) is 1. The van der Waals surface area contributed by atoms with Gasteiger partial charge in [0.25, 0.3) is 5.60 Å². The molecule has 5 heteroatoms. The minimum Gasteiger partial charge on any atom is -0.463 e. The number of benzene rings is 1. The molecule has 0 aromatic heterocycles. The van der Waals surface area contributed by atoms with Gasteiger partial charge in [-0.3, -0.25) is 0 Å². The summed E-state index contributed by atoms with van der Waals surface area (Å²) in [5, 5.41) is 19.2. The summed E-state index contributed by atoms with van der Waals surface area (Å²) < 4.78 is 4.72. The molecular weight excluding hydrogens is 298 g/mol. The van der Waals surface area contributed by atoms with E-state index in [1.165, 1.54) is 0 Å². The third kappa shape index (κ3) is 2.89. The minimum absolute atomic E-state index is 0.108. The Hall–Kier alpha value is -1.38. The summed E-state index contributed by atoms with van der Waals surface area (Å²) in [6, 6.07) is 8.78. The molecule has 1 aromatic carbocycles. The standard InChI is InChI=1S/C13H14BrNO3/c1-3-18-12(16)13(17,8-15)11(14)10-6-4-9(2)5-7-10/h4-7,11,17H,3H2,1-2H3. The molecular formula is C13H14BrNO3. The Bertz CT molecular complexity index is 466. The number of aryl methyl sites for hydroxylation is 1. The molecule has 96 valence electrons. The van der Waals surface area contributed by atoms with E-state index in [9.17, 15) is 9.90 Å². The second-order valence-corrected chi connectivity index (χ2v) is 4.79. The number of nitriles is 1. The second-order valence-electron chi connectivity index (χ2n) is 3.87. The van der Waals surface area contributed by atoms with Crippen molar-refractivity contribution in [2.45, 2.75) is 24.3 Å². The summed E-state index contributed by atoms with van der Waals surface area (Å²) >= 11 is 3.19. The van der Waals surface area contributed by atoms with Crippen LogP contribution in [0.1, 0.15) is 22.9 Å². The van der Waals surface area contributed by atoms with Gasteiger partial charge in [0.15, 0.2) is 0 Å². The maximum Gasteiger partial charge on any atom is 0.354 e. The Balaban J connectivity index is 3.05. The summed E-state index contributed by atoms with van der Waals surface area (Å²) in [7, 11) is 0. The first kappa shape index (κ1) is 14.7. The van der Waals surface area contributed by atoms with Gasteiger partial charge in [0.1, 0.15) is 6.07 Å². The highest BCUT2D eigenvalue weighted by molar-refractivity contribution is 9.09. The average Bonchev–Trinajstić information content (AvgIpc) is 2.38. The van der Waals surface area contributed by atoms with Crippen molar-refractivity contribution >= 4 is 21.9 Å². The van der Waals surface area contributed by atoms with Crippen LogP contribution in [0.15, 0.2) is 24.3 Å². The highest BCUT2D eigenvalue weighted by atomic mass is 79.9. The Morgan fingerprint density at radius 3 is 2.56 bits per heavy atom. The molecule has 0 fully saturated rings. The Kier molecular flexibility index (Phi) is 4.88. The molecule has 0 heterocycles. The van der Waals surface area contributed by atoms with E-state index < -0.39 is 16.4 Å². The first-order valence-electron chi connectivity index (χ1n) is 5.47. The number of carbonyl (C=O) groups excluding carboxylic acids is 1. The summed E-state index contributed by atoms with van der Waals surface area (Å²) in [6.07, 6.45) is 0. The molecule has 2 unspecified atom stereocenters. The molecule has 0 bridgehead atoms. The van der Waals surface area contributed by atoms with E-state index >= 15 is 0 Å². The second kappa shape index (κ2) is 5.98. The lowest BCUT2D eigenvalue weighted by Crippen LogP contribution is -2.42. The highest BCUT2D eigenvalue weighted by Crippen LogP contribution is 2.35. The molecule has 2 atom stereocenters. The van der Waals surface area contributed by atoms with E-state index in [2.05, 4.69) is 15.9 Å². The fraction of sp³-hybridized carbons (Fsp3) is 0.385. The molecule has 0 aliphatic carbocycles. The maximum absolute atomic E-state index is 11.7. The number of rotatable bonds is 4. The van der Waals surface area contributed by atoms with Crippen LogP contribution in [0.3, 0.4) is 0 Å². The number of esters is 1. The van der Waals surface area contributed by atoms with Crippen LogP contribution in [0.4, 0.5) is 0 Å². The fourth-order valence-corrected chi connectivity index (χ4v) is 2.02. The van der Waals surface area contributed by atoms with Gasteiger partial charge in [-0.25, -0.2) is 4.79 Å². The number of carbonyl (C=O) groups is 1. The lowest BCUT2D eigenvalue weighted by atomic mass is 9.95. The van der Waals surface area contributed by atoms with Gasteiger partial charge in [-0.1, -0.05) is 45.8 Å². The van der Waals surface area contributed by atoms with E-state index in [0.717, 1.165) is 5.56 Å². The SMILES string of the molecule is CCOC(=O)C(O)(C#N)C(Br)c1ccc(C)cc1. The van der Waals surface area contributed by atoms with Gasteiger partial charge in [0.2, 0.25) is 0 Å². The molecule has 0 saturated heterocycles. The summed E-state index contributed by atoms with van der Waals surface area (Å²) in [6.45, 7) is 3.65. The number of halogens is 1. The molecule has 0 saturated carbocycles. The van der Waals surface area contributed by atoms with Crippen LogP contribution in [0.5, 0.6) is 0 Å². The number of hydrogen-bond donors (Lipinski definition) is 1. The zero-order chi connectivity index (χ0) is 13.8. The van der Waals surface area contributed by atoms with Crippen LogP contribution in [0, 0.1) is 18.3 Å². The zero-order valence-corrected chi connectivity index (χ0v) is 11.8. The van der Waals surface area contributed by atoms with Crippen molar-refractivity contribution in [1.29, 1.82) is 5.26 Å². The van der Waals surface area contributed by atoms with Crippen LogP contribution in [-0.4, -0.2) is 23.3 Å². The number of hydrogen-bond acceptors (Lipinski definition) is 4. The molecule has 1 aromatic rings. The average molecular weight is 312 g/mol. The van der Waals surface area contributed by atoms with Crippen LogP contribution in [0.25, 0.3) is 0 Å². The molecule has 0 radical (unpaired) electrons. The number of ether oxygens (including phenoxy) is 1. The van der Waals surface area contributed by atoms with E-state index in [4.69, 9.17) is 10.00 Å². The molecule has 0 aliphatic rings. The summed E-state index contributed by atoms with van der Waals surface area (Å²) in [5.74, 6) is -0.949. The van der Waals surface area contributed by atoms with Crippen molar-refractivity contribution in [2.75, 3.05) is 6.61 Å². The number of alkyl halides is 1.